The fourth-order valence-electron chi connectivity index (χ4n) is 1.44. The van der Waals surface area contributed by atoms with Crippen molar-refractivity contribution in [2.45, 2.75) is 6.18 Å². The minimum Gasteiger partial charge on any atom is -0.478 e. The number of aromatic carboxylic acids is 1. The average Bonchev–Trinajstić information content (AvgIpc) is 2.58. The molecule has 0 fully saturated rings. The molecule has 0 amide bonds. The molecule has 5 nitrogen and oxygen atoms in total. The number of alkyl halides is 3. The maximum Gasteiger partial charge on any atom is 0.433 e. The molecule has 17 heavy (non-hydrogen) atoms. The van der Waals surface area contributed by atoms with Gasteiger partial charge in [0.25, 0.3) is 0 Å². The molecular formula is C9H6F3N3O2. The molecule has 0 aliphatic carbocycles. The summed E-state index contributed by atoms with van der Waals surface area (Å²) in [7, 11) is 1.39. The Morgan fingerprint density at radius 2 is 2.12 bits per heavy atom. The van der Waals surface area contributed by atoms with E-state index in [2.05, 4.69) is 10.1 Å². The summed E-state index contributed by atoms with van der Waals surface area (Å²) in [5.74, 6) is -1.45. The second kappa shape index (κ2) is 3.44. The quantitative estimate of drug-likeness (QED) is 0.830. The number of carbonyl (C=O) groups is 1. The topological polar surface area (TPSA) is 68.0 Å². The minimum atomic E-state index is -4.69. The number of fused-ring (bicyclic) bond motifs is 1. The molecule has 0 saturated heterocycles. The molecule has 0 saturated carbocycles. The van der Waals surface area contributed by atoms with Crippen LogP contribution < -0.4 is 0 Å². The number of nitrogens with zero attached hydrogens (tertiary/aromatic N) is 3. The fraction of sp³-hybridized carbons (Fsp3) is 0.222. The third kappa shape index (κ3) is 1.81. The number of rotatable bonds is 1. The summed E-state index contributed by atoms with van der Waals surface area (Å²) < 4.78 is 38.6. The number of carboxylic acid groups (broad SMARTS) is 1. The van der Waals surface area contributed by atoms with E-state index >= 15 is 0 Å². The molecule has 2 heterocycles. The van der Waals surface area contributed by atoms with Crippen molar-refractivity contribution >= 4 is 17.0 Å². The van der Waals surface area contributed by atoms with Crippen LogP contribution >= 0.6 is 0 Å². The van der Waals surface area contributed by atoms with Gasteiger partial charge in [-0.3, -0.25) is 4.68 Å². The molecule has 1 N–H and O–H groups in total. The van der Waals surface area contributed by atoms with Crippen LogP contribution in [0.15, 0.2) is 12.3 Å². The summed E-state index contributed by atoms with van der Waals surface area (Å²) in [6, 6.07) is 0.506. The third-order valence-electron chi connectivity index (χ3n) is 2.23. The SMILES string of the molecule is Cn1ncc2c(C(=O)O)cc(C(F)(F)F)nc21. The third-order valence-corrected chi connectivity index (χ3v) is 2.23. The highest BCUT2D eigenvalue weighted by Gasteiger charge is 2.34. The Hall–Kier alpha value is -2.12. The van der Waals surface area contributed by atoms with Crippen LogP contribution in [0.4, 0.5) is 13.2 Å². The number of hydrogen-bond donors (Lipinski definition) is 1. The lowest BCUT2D eigenvalue weighted by molar-refractivity contribution is -0.141. The van der Waals surface area contributed by atoms with Crippen LogP contribution in [-0.4, -0.2) is 25.8 Å². The molecule has 0 unspecified atom stereocenters. The van der Waals surface area contributed by atoms with Gasteiger partial charge in [0.05, 0.1) is 17.1 Å². The Kier molecular flexibility index (Phi) is 2.30. The maximum atomic E-state index is 12.5. The highest BCUT2D eigenvalue weighted by Crippen LogP contribution is 2.30. The van der Waals surface area contributed by atoms with Crippen molar-refractivity contribution in [3.8, 4) is 0 Å². The number of aryl methyl sites for hydroxylation is 1. The van der Waals surface area contributed by atoms with E-state index in [1.54, 1.807) is 0 Å². The van der Waals surface area contributed by atoms with Crippen molar-refractivity contribution in [1.82, 2.24) is 14.8 Å². The lowest BCUT2D eigenvalue weighted by Crippen LogP contribution is -2.11. The van der Waals surface area contributed by atoms with Crippen LogP contribution in [0, 0.1) is 0 Å². The van der Waals surface area contributed by atoms with E-state index in [0.29, 0.717) is 6.07 Å². The summed E-state index contributed by atoms with van der Waals surface area (Å²) in [4.78, 5) is 14.2. The van der Waals surface area contributed by atoms with Crippen molar-refractivity contribution in [3.05, 3.63) is 23.5 Å². The van der Waals surface area contributed by atoms with Crippen molar-refractivity contribution in [3.63, 3.8) is 0 Å². The summed E-state index contributed by atoms with van der Waals surface area (Å²) >= 11 is 0. The number of pyridine rings is 1. The summed E-state index contributed by atoms with van der Waals surface area (Å²) in [6.07, 6.45) is -3.52. The van der Waals surface area contributed by atoms with E-state index in [1.165, 1.54) is 13.2 Å². The van der Waals surface area contributed by atoms with Gasteiger partial charge in [0.1, 0.15) is 5.69 Å². The van der Waals surface area contributed by atoms with E-state index in [9.17, 15) is 18.0 Å². The van der Waals surface area contributed by atoms with Crippen molar-refractivity contribution in [1.29, 1.82) is 0 Å². The highest BCUT2D eigenvalue weighted by molar-refractivity contribution is 6.01. The zero-order valence-corrected chi connectivity index (χ0v) is 8.49. The van der Waals surface area contributed by atoms with E-state index < -0.39 is 23.4 Å². The molecule has 0 radical (unpaired) electrons. The molecule has 90 valence electrons. The van der Waals surface area contributed by atoms with Gasteiger partial charge in [0, 0.05) is 7.05 Å². The molecule has 0 aliphatic rings. The molecule has 0 bridgehead atoms. The summed E-state index contributed by atoms with van der Waals surface area (Å²) in [5.41, 5.74) is -1.82. The van der Waals surface area contributed by atoms with Crippen molar-refractivity contribution < 1.29 is 23.1 Å². The molecule has 0 spiro atoms. The first-order chi connectivity index (χ1) is 7.80. The van der Waals surface area contributed by atoms with Crippen LogP contribution in [0.3, 0.4) is 0 Å². The van der Waals surface area contributed by atoms with Crippen molar-refractivity contribution in [2.24, 2.45) is 7.05 Å². The van der Waals surface area contributed by atoms with Crippen LogP contribution in [0.1, 0.15) is 16.1 Å². The normalized spacial score (nSPS) is 12.0. The van der Waals surface area contributed by atoms with Crippen LogP contribution in [0.25, 0.3) is 11.0 Å². The molecule has 2 rings (SSSR count). The van der Waals surface area contributed by atoms with Crippen LogP contribution in [-0.2, 0) is 13.2 Å². The maximum absolute atomic E-state index is 12.5. The lowest BCUT2D eigenvalue weighted by Gasteiger charge is -2.07. The largest absolute Gasteiger partial charge is 0.478 e. The smallest absolute Gasteiger partial charge is 0.433 e. The van der Waals surface area contributed by atoms with Gasteiger partial charge in [-0.25, -0.2) is 9.78 Å². The zero-order valence-electron chi connectivity index (χ0n) is 8.49. The van der Waals surface area contributed by atoms with Gasteiger partial charge < -0.3 is 5.11 Å². The van der Waals surface area contributed by atoms with E-state index in [4.69, 9.17) is 5.11 Å². The predicted octanol–water partition coefficient (Wildman–Crippen LogP) is 1.69. The summed E-state index contributed by atoms with van der Waals surface area (Å²) in [5, 5.41) is 12.6. The van der Waals surface area contributed by atoms with Gasteiger partial charge in [-0.2, -0.15) is 18.3 Å². The average molecular weight is 245 g/mol. The minimum absolute atomic E-state index is 0.0769. The first kappa shape index (κ1) is 11.4. The van der Waals surface area contributed by atoms with Crippen LogP contribution in [0.5, 0.6) is 0 Å². The Bertz CT molecular complexity index is 603. The Morgan fingerprint density at radius 3 is 2.65 bits per heavy atom. The molecule has 0 atom stereocenters. The number of halogens is 3. The number of hydrogen-bond acceptors (Lipinski definition) is 3. The Morgan fingerprint density at radius 1 is 1.47 bits per heavy atom. The molecule has 8 heteroatoms. The van der Waals surface area contributed by atoms with Gasteiger partial charge in [-0.1, -0.05) is 0 Å². The second-order valence-corrected chi connectivity index (χ2v) is 3.36. The fourth-order valence-corrected chi connectivity index (χ4v) is 1.44. The second-order valence-electron chi connectivity index (χ2n) is 3.36. The van der Waals surface area contributed by atoms with Gasteiger partial charge in [0.15, 0.2) is 5.65 Å². The monoisotopic (exact) mass is 245 g/mol. The Labute approximate surface area is 92.5 Å². The molecule has 0 aliphatic heterocycles. The van der Waals surface area contributed by atoms with Gasteiger partial charge in [-0.15, -0.1) is 0 Å². The molecule has 2 aromatic heterocycles. The van der Waals surface area contributed by atoms with Crippen molar-refractivity contribution in [2.75, 3.05) is 0 Å². The van der Waals surface area contributed by atoms with Gasteiger partial charge in [0.2, 0.25) is 0 Å². The van der Waals surface area contributed by atoms with E-state index in [0.717, 1.165) is 4.68 Å². The predicted molar refractivity (Wildman–Crippen MR) is 50.5 cm³/mol. The van der Waals surface area contributed by atoms with Gasteiger partial charge >= 0.3 is 12.1 Å². The molecule has 0 aromatic carbocycles. The lowest BCUT2D eigenvalue weighted by atomic mass is 10.1. The summed E-state index contributed by atoms with van der Waals surface area (Å²) in [6.45, 7) is 0. The zero-order chi connectivity index (χ0) is 12.8. The number of carboxylic acids is 1. The number of aromatic nitrogens is 3. The first-order valence-corrected chi connectivity index (χ1v) is 4.44. The highest BCUT2D eigenvalue weighted by atomic mass is 19.4. The standard InChI is InChI=1S/C9H6F3N3O2/c1-15-7-5(3-13-15)4(8(16)17)2-6(14-7)9(10,11)12/h2-3H,1H3,(H,16,17). The van der Waals surface area contributed by atoms with Gasteiger partial charge in [-0.05, 0) is 6.07 Å². The molecular weight excluding hydrogens is 239 g/mol. The first-order valence-electron chi connectivity index (χ1n) is 4.44. The molecule has 2 aromatic rings. The van der Waals surface area contributed by atoms with Crippen LogP contribution in [0.2, 0.25) is 0 Å². The Balaban J connectivity index is 2.83. The van der Waals surface area contributed by atoms with E-state index in [1.807, 2.05) is 0 Å². The van der Waals surface area contributed by atoms with E-state index in [-0.39, 0.29) is 11.0 Å².